The summed E-state index contributed by atoms with van der Waals surface area (Å²) >= 11 is 0. The number of pyridine rings is 1. The van der Waals surface area contributed by atoms with Crippen LogP contribution in [0.1, 0.15) is 78.7 Å². The molecule has 0 aliphatic heterocycles. The molecule has 0 aliphatic carbocycles. The minimum Gasteiger partial charge on any atom is -0.507 e. The van der Waals surface area contributed by atoms with Gasteiger partial charge < -0.3 is 15.0 Å². The minimum atomic E-state index is -4.45. The van der Waals surface area contributed by atoms with Gasteiger partial charge in [-0.05, 0) is 50.3 Å². The third-order valence-corrected chi connectivity index (χ3v) is 5.43. The molecule has 1 aromatic heterocycles. The lowest BCUT2D eigenvalue weighted by Gasteiger charge is -2.25. The number of benzene rings is 1. The molecule has 0 saturated heterocycles. The topological polar surface area (TPSA) is 71.3 Å². The number of nitrogens with zero attached hydrogens (tertiary/aromatic N) is 1. The van der Waals surface area contributed by atoms with Crippen molar-refractivity contribution in [2.75, 3.05) is 6.54 Å². The van der Waals surface area contributed by atoms with Crippen LogP contribution in [0.5, 0.6) is 5.75 Å². The lowest BCUT2D eigenvalue weighted by molar-refractivity contribution is -0.137. The van der Waals surface area contributed by atoms with E-state index in [1.165, 1.54) is 16.7 Å². The van der Waals surface area contributed by atoms with Crippen LogP contribution in [0.3, 0.4) is 0 Å². The highest BCUT2D eigenvalue weighted by atomic mass is 19.4. The maximum Gasteiger partial charge on any atom is 0.416 e. The first kappa shape index (κ1) is 24.5. The predicted molar refractivity (Wildman–Crippen MR) is 114 cm³/mol. The Balaban J connectivity index is 2.69. The fourth-order valence-corrected chi connectivity index (χ4v) is 3.86. The average molecular weight is 438 g/mol. The van der Waals surface area contributed by atoms with Gasteiger partial charge in [0.25, 0.3) is 11.5 Å². The highest BCUT2D eigenvalue weighted by Crippen LogP contribution is 2.33. The molecule has 170 valence electrons. The van der Waals surface area contributed by atoms with Gasteiger partial charge in [-0.1, -0.05) is 32.4 Å². The molecule has 31 heavy (non-hydrogen) atoms. The zero-order valence-electron chi connectivity index (χ0n) is 18.3. The summed E-state index contributed by atoms with van der Waals surface area (Å²) in [6.45, 7) is 7.63. The van der Waals surface area contributed by atoms with Crippen LogP contribution in [-0.4, -0.2) is 22.1 Å². The number of amides is 1. The second kappa shape index (κ2) is 10.0. The monoisotopic (exact) mass is 438 g/mol. The highest BCUT2D eigenvalue weighted by molar-refractivity contribution is 5.96. The third kappa shape index (κ3) is 5.29. The zero-order valence-corrected chi connectivity index (χ0v) is 18.3. The molecule has 1 unspecified atom stereocenters. The Morgan fingerprint density at radius 2 is 1.77 bits per heavy atom. The van der Waals surface area contributed by atoms with Gasteiger partial charge in [0.15, 0.2) is 0 Å². The zero-order chi connectivity index (χ0) is 23.3. The molecule has 1 heterocycles. The van der Waals surface area contributed by atoms with E-state index in [-0.39, 0.29) is 30.3 Å². The first-order chi connectivity index (χ1) is 14.6. The molecule has 1 aromatic carbocycles. The fourth-order valence-electron chi connectivity index (χ4n) is 3.86. The number of aromatic hydroxyl groups is 1. The summed E-state index contributed by atoms with van der Waals surface area (Å²) in [6.07, 6.45) is -2.12. The van der Waals surface area contributed by atoms with Crippen molar-refractivity contribution < 1.29 is 23.1 Å². The van der Waals surface area contributed by atoms with Crippen LogP contribution in [0.2, 0.25) is 0 Å². The van der Waals surface area contributed by atoms with E-state index in [0.717, 1.165) is 25.0 Å². The molecule has 2 aromatic rings. The Morgan fingerprint density at radius 1 is 1.16 bits per heavy atom. The van der Waals surface area contributed by atoms with Crippen LogP contribution in [-0.2, 0) is 12.7 Å². The van der Waals surface area contributed by atoms with Crippen molar-refractivity contribution in [2.45, 2.75) is 65.6 Å². The molecule has 0 spiro atoms. The summed E-state index contributed by atoms with van der Waals surface area (Å²) in [5, 5.41) is 13.2. The molecular formula is C23H29F3N2O3. The molecule has 0 aliphatic rings. The Kier molecular flexibility index (Phi) is 7.92. The Labute approximate surface area is 179 Å². The maximum atomic E-state index is 13.3. The Morgan fingerprint density at radius 3 is 2.26 bits per heavy atom. The third-order valence-electron chi connectivity index (χ3n) is 5.43. The van der Waals surface area contributed by atoms with Crippen molar-refractivity contribution in [3.63, 3.8) is 0 Å². The Bertz CT molecular complexity index is 980. The normalized spacial score (nSPS) is 12.6. The van der Waals surface area contributed by atoms with E-state index >= 15 is 0 Å². The SMILES string of the molecule is CCCC(CC)c1c(C)c(O)c(C(=O)NCC)c(=O)n1Cc1ccc(C(F)(F)F)cc1. The van der Waals surface area contributed by atoms with E-state index in [2.05, 4.69) is 5.32 Å². The lowest BCUT2D eigenvalue weighted by atomic mass is 9.91. The first-order valence-electron chi connectivity index (χ1n) is 10.5. The molecule has 2 N–H and O–H groups in total. The standard InChI is InChI=1S/C23H29F3N2O3/c1-5-8-16(6-2)19-14(4)20(29)18(21(30)27-7-3)22(31)28(19)13-15-9-11-17(12-10-15)23(24,25)26/h9-12,16,29H,5-8,13H2,1-4H3,(H,27,30). The molecule has 0 saturated carbocycles. The number of alkyl halides is 3. The molecule has 8 heteroatoms. The van der Waals surface area contributed by atoms with Crippen LogP contribution in [0.15, 0.2) is 29.1 Å². The van der Waals surface area contributed by atoms with E-state index in [9.17, 15) is 27.9 Å². The molecule has 1 atom stereocenters. The van der Waals surface area contributed by atoms with Crippen molar-refractivity contribution in [3.05, 3.63) is 62.6 Å². The summed E-state index contributed by atoms with van der Waals surface area (Å²) in [7, 11) is 0. The first-order valence-corrected chi connectivity index (χ1v) is 10.5. The minimum absolute atomic E-state index is 0.0000428. The van der Waals surface area contributed by atoms with Crippen LogP contribution >= 0.6 is 0 Å². The number of hydrogen-bond acceptors (Lipinski definition) is 3. The number of carbonyl (C=O) groups excluding carboxylic acids is 1. The predicted octanol–water partition coefficient (Wildman–Crippen LogP) is 4.97. The molecule has 0 fully saturated rings. The number of halogens is 3. The average Bonchev–Trinajstić information content (AvgIpc) is 2.71. The Hall–Kier alpha value is -2.77. The van der Waals surface area contributed by atoms with Gasteiger partial charge >= 0.3 is 6.18 Å². The van der Waals surface area contributed by atoms with Crippen molar-refractivity contribution in [3.8, 4) is 5.75 Å². The smallest absolute Gasteiger partial charge is 0.416 e. The number of hydrogen-bond donors (Lipinski definition) is 2. The molecule has 2 rings (SSSR count). The van der Waals surface area contributed by atoms with Gasteiger partial charge in [-0.3, -0.25) is 9.59 Å². The van der Waals surface area contributed by atoms with Crippen LogP contribution in [0.4, 0.5) is 13.2 Å². The number of nitrogens with one attached hydrogen (secondary N) is 1. The molecule has 0 bridgehead atoms. The van der Waals surface area contributed by atoms with Gasteiger partial charge in [0.05, 0.1) is 12.1 Å². The summed E-state index contributed by atoms with van der Waals surface area (Å²) in [5.41, 5.74) is -0.228. The fraction of sp³-hybridized carbons (Fsp3) is 0.478. The second-order valence-electron chi connectivity index (χ2n) is 7.57. The number of rotatable bonds is 8. The van der Waals surface area contributed by atoms with Crippen molar-refractivity contribution in [2.24, 2.45) is 0 Å². The van der Waals surface area contributed by atoms with Gasteiger partial charge in [0.1, 0.15) is 11.3 Å². The highest BCUT2D eigenvalue weighted by Gasteiger charge is 2.30. The maximum absolute atomic E-state index is 13.3. The van der Waals surface area contributed by atoms with Gasteiger partial charge in [0.2, 0.25) is 0 Å². The molecule has 0 radical (unpaired) electrons. The van der Waals surface area contributed by atoms with E-state index in [1.807, 2.05) is 13.8 Å². The number of aromatic nitrogens is 1. The largest absolute Gasteiger partial charge is 0.507 e. The van der Waals surface area contributed by atoms with Crippen LogP contribution < -0.4 is 10.9 Å². The van der Waals surface area contributed by atoms with Gasteiger partial charge in [-0.25, -0.2) is 0 Å². The second-order valence-corrected chi connectivity index (χ2v) is 7.57. The number of carbonyl (C=O) groups is 1. The van der Waals surface area contributed by atoms with E-state index in [0.29, 0.717) is 23.2 Å². The quantitative estimate of drug-likeness (QED) is 0.611. The van der Waals surface area contributed by atoms with Crippen molar-refractivity contribution in [1.82, 2.24) is 9.88 Å². The summed E-state index contributed by atoms with van der Waals surface area (Å²) in [6, 6.07) is 4.60. The van der Waals surface area contributed by atoms with Crippen molar-refractivity contribution >= 4 is 5.91 Å². The van der Waals surface area contributed by atoms with Gasteiger partial charge in [-0.15, -0.1) is 0 Å². The lowest BCUT2D eigenvalue weighted by Crippen LogP contribution is -2.36. The molecule has 1 amide bonds. The van der Waals surface area contributed by atoms with Gasteiger partial charge in [-0.2, -0.15) is 13.2 Å². The van der Waals surface area contributed by atoms with Crippen LogP contribution in [0, 0.1) is 6.92 Å². The summed E-state index contributed by atoms with van der Waals surface area (Å²) in [5.74, 6) is -1.06. The van der Waals surface area contributed by atoms with Gasteiger partial charge in [0, 0.05) is 17.8 Å². The molecular weight excluding hydrogens is 409 g/mol. The van der Waals surface area contributed by atoms with Crippen molar-refractivity contribution in [1.29, 1.82) is 0 Å². The van der Waals surface area contributed by atoms with E-state index in [1.54, 1.807) is 13.8 Å². The molecule has 5 nitrogen and oxygen atoms in total. The summed E-state index contributed by atoms with van der Waals surface area (Å²) < 4.78 is 40.1. The van der Waals surface area contributed by atoms with E-state index in [4.69, 9.17) is 0 Å². The van der Waals surface area contributed by atoms with Crippen LogP contribution in [0.25, 0.3) is 0 Å². The summed E-state index contributed by atoms with van der Waals surface area (Å²) in [4.78, 5) is 25.8. The van der Waals surface area contributed by atoms with E-state index < -0.39 is 23.2 Å².